The average Bonchev–Trinajstić information content (AvgIpc) is 3.08. The minimum Gasteiger partial charge on any atom is -0.454 e. The molecule has 2 aromatic carbocycles. The summed E-state index contributed by atoms with van der Waals surface area (Å²) in [4.78, 5) is 52.6. The molecule has 4 rings (SSSR count). The predicted octanol–water partition coefficient (Wildman–Crippen LogP) is 3.49. The number of carbonyl (C=O) groups is 4. The van der Waals surface area contributed by atoms with Crippen LogP contribution in [0.2, 0.25) is 0 Å². The van der Waals surface area contributed by atoms with Crippen molar-refractivity contribution in [3.05, 3.63) is 76.8 Å². The van der Waals surface area contributed by atoms with E-state index in [0.29, 0.717) is 18.5 Å². The standard InChI is InChI=1S/C25H23BrN2O5/c26-17-10-12-18(13-11-17)27-22(29)15-33-25(32)21(14-16-6-2-1-3-7-16)28-23(30)19-8-4-5-9-20(19)24(28)31/h1-7,10-13,19-21H,8-9,14-15H2,(H,27,29)/t19-,20+,21-/m1/s1. The van der Waals surface area contributed by atoms with Crippen LogP contribution in [0.1, 0.15) is 18.4 Å². The normalized spacial score (nSPS) is 20.3. The van der Waals surface area contributed by atoms with E-state index < -0.39 is 36.4 Å². The second-order valence-electron chi connectivity index (χ2n) is 8.07. The number of rotatable bonds is 7. The highest BCUT2D eigenvalue weighted by molar-refractivity contribution is 9.10. The molecule has 0 bridgehead atoms. The number of amides is 3. The van der Waals surface area contributed by atoms with Gasteiger partial charge in [0.2, 0.25) is 11.8 Å². The van der Waals surface area contributed by atoms with Crippen molar-refractivity contribution in [3.63, 3.8) is 0 Å². The maximum atomic E-state index is 13.1. The Morgan fingerprint density at radius 3 is 2.18 bits per heavy atom. The molecule has 0 radical (unpaired) electrons. The van der Waals surface area contributed by atoms with Gasteiger partial charge < -0.3 is 10.1 Å². The first-order chi connectivity index (χ1) is 15.9. The third-order valence-corrected chi connectivity index (χ3v) is 6.40. The summed E-state index contributed by atoms with van der Waals surface area (Å²) >= 11 is 3.32. The summed E-state index contributed by atoms with van der Waals surface area (Å²) in [5.41, 5.74) is 1.34. The third-order valence-electron chi connectivity index (χ3n) is 5.87. The first-order valence-corrected chi connectivity index (χ1v) is 11.5. The summed E-state index contributed by atoms with van der Waals surface area (Å²) in [5.74, 6) is -2.90. The minimum atomic E-state index is -1.13. The number of ether oxygens (including phenoxy) is 1. The number of allylic oxidation sites excluding steroid dienone is 2. The van der Waals surface area contributed by atoms with E-state index >= 15 is 0 Å². The van der Waals surface area contributed by atoms with E-state index in [0.717, 1.165) is 14.9 Å². The van der Waals surface area contributed by atoms with E-state index in [-0.39, 0.29) is 18.2 Å². The number of fused-ring (bicyclic) bond motifs is 1. The Labute approximate surface area is 199 Å². The molecule has 1 saturated heterocycles. The van der Waals surface area contributed by atoms with Gasteiger partial charge in [0.25, 0.3) is 5.91 Å². The second-order valence-corrected chi connectivity index (χ2v) is 8.99. The van der Waals surface area contributed by atoms with Gasteiger partial charge in [0, 0.05) is 16.6 Å². The van der Waals surface area contributed by atoms with Crippen molar-refractivity contribution in [3.8, 4) is 0 Å². The zero-order valence-electron chi connectivity index (χ0n) is 17.8. The molecule has 0 saturated carbocycles. The molecular weight excluding hydrogens is 488 g/mol. The summed E-state index contributed by atoms with van der Waals surface area (Å²) in [6, 6.07) is 15.0. The lowest BCUT2D eigenvalue weighted by Gasteiger charge is -2.25. The van der Waals surface area contributed by atoms with Crippen LogP contribution in [-0.2, 0) is 30.3 Å². The molecule has 170 valence electrons. The summed E-state index contributed by atoms with van der Waals surface area (Å²) in [5, 5.41) is 2.65. The number of hydrogen-bond donors (Lipinski definition) is 1. The summed E-state index contributed by atoms with van der Waals surface area (Å²) in [6.07, 6.45) is 4.88. The van der Waals surface area contributed by atoms with Crippen LogP contribution < -0.4 is 5.32 Å². The number of imide groups is 1. The van der Waals surface area contributed by atoms with Gasteiger partial charge in [0.15, 0.2) is 6.61 Å². The monoisotopic (exact) mass is 510 g/mol. The molecule has 0 spiro atoms. The van der Waals surface area contributed by atoms with Gasteiger partial charge in [-0.05, 0) is 42.7 Å². The minimum absolute atomic E-state index is 0.123. The van der Waals surface area contributed by atoms with Crippen LogP contribution in [-0.4, -0.2) is 41.2 Å². The zero-order chi connectivity index (χ0) is 23.4. The van der Waals surface area contributed by atoms with Crippen molar-refractivity contribution in [1.29, 1.82) is 0 Å². The maximum Gasteiger partial charge on any atom is 0.330 e. The Morgan fingerprint density at radius 1 is 0.970 bits per heavy atom. The number of carbonyl (C=O) groups excluding carboxylic acids is 4. The van der Waals surface area contributed by atoms with Crippen LogP contribution in [0.15, 0.2) is 71.2 Å². The van der Waals surface area contributed by atoms with Gasteiger partial charge in [0.05, 0.1) is 11.8 Å². The van der Waals surface area contributed by atoms with E-state index in [2.05, 4.69) is 21.2 Å². The molecular formula is C25H23BrN2O5. The zero-order valence-corrected chi connectivity index (χ0v) is 19.4. The van der Waals surface area contributed by atoms with E-state index in [9.17, 15) is 19.2 Å². The Bertz CT molecular complexity index is 1060. The molecule has 0 unspecified atom stereocenters. The SMILES string of the molecule is O=C(COC(=O)[C@@H](Cc1ccccc1)N1C(=O)[C@H]2CC=CC[C@H]2C1=O)Nc1ccc(Br)cc1. The third kappa shape index (κ3) is 5.22. The Kier molecular flexibility index (Phi) is 7.03. The largest absolute Gasteiger partial charge is 0.454 e. The Morgan fingerprint density at radius 2 is 1.58 bits per heavy atom. The molecule has 3 atom stereocenters. The number of hydrogen-bond acceptors (Lipinski definition) is 5. The van der Waals surface area contributed by atoms with Crippen molar-refractivity contribution in [2.75, 3.05) is 11.9 Å². The van der Waals surface area contributed by atoms with Crippen LogP contribution in [0, 0.1) is 11.8 Å². The number of esters is 1. The summed E-state index contributed by atoms with van der Waals surface area (Å²) in [7, 11) is 0. The predicted molar refractivity (Wildman–Crippen MR) is 125 cm³/mol. The van der Waals surface area contributed by atoms with E-state index in [1.54, 1.807) is 24.3 Å². The average molecular weight is 511 g/mol. The van der Waals surface area contributed by atoms with Crippen molar-refractivity contribution in [1.82, 2.24) is 4.90 Å². The van der Waals surface area contributed by atoms with Crippen LogP contribution in [0.25, 0.3) is 0 Å². The first-order valence-electron chi connectivity index (χ1n) is 10.7. The molecule has 33 heavy (non-hydrogen) atoms. The van der Waals surface area contributed by atoms with Gasteiger partial charge in [0.1, 0.15) is 6.04 Å². The van der Waals surface area contributed by atoms with Crippen LogP contribution >= 0.6 is 15.9 Å². The highest BCUT2D eigenvalue weighted by Gasteiger charge is 2.51. The molecule has 1 aliphatic heterocycles. The van der Waals surface area contributed by atoms with Crippen LogP contribution in [0.3, 0.4) is 0 Å². The molecule has 1 heterocycles. The molecule has 3 amide bonds. The molecule has 1 aliphatic carbocycles. The number of anilines is 1. The number of likely N-dealkylation sites (tertiary alicyclic amines) is 1. The van der Waals surface area contributed by atoms with Gasteiger partial charge in [-0.1, -0.05) is 58.4 Å². The number of nitrogens with one attached hydrogen (secondary N) is 1. The Hall–Kier alpha value is -3.26. The highest BCUT2D eigenvalue weighted by Crippen LogP contribution is 2.36. The fourth-order valence-corrected chi connectivity index (χ4v) is 4.48. The van der Waals surface area contributed by atoms with E-state index in [4.69, 9.17) is 4.74 Å². The van der Waals surface area contributed by atoms with Gasteiger partial charge in [-0.15, -0.1) is 0 Å². The molecule has 2 aliphatic rings. The molecule has 8 heteroatoms. The van der Waals surface area contributed by atoms with Crippen molar-refractivity contribution >= 4 is 45.3 Å². The smallest absolute Gasteiger partial charge is 0.330 e. The van der Waals surface area contributed by atoms with Crippen molar-refractivity contribution in [2.24, 2.45) is 11.8 Å². The summed E-state index contributed by atoms with van der Waals surface area (Å²) < 4.78 is 6.14. The fourth-order valence-electron chi connectivity index (χ4n) is 4.21. The molecule has 0 aromatic heterocycles. The number of benzene rings is 2. The lowest BCUT2D eigenvalue weighted by Crippen LogP contribution is -2.48. The summed E-state index contributed by atoms with van der Waals surface area (Å²) in [6.45, 7) is -0.523. The van der Waals surface area contributed by atoms with Gasteiger partial charge in [-0.2, -0.15) is 0 Å². The van der Waals surface area contributed by atoms with Crippen LogP contribution in [0.5, 0.6) is 0 Å². The molecule has 7 nitrogen and oxygen atoms in total. The second kappa shape index (κ2) is 10.1. The lowest BCUT2D eigenvalue weighted by atomic mass is 9.85. The van der Waals surface area contributed by atoms with Gasteiger partial charge in [-0.3, -0.25) is 19.3 Å². The van der Waals surface area contributed by atoms with Gasteiger partial charge >= 0.3 is 5.97 Å². The van der Waals surface area contributed by atoms with Gasteiger partial charge in [-0.25, -0.2) is 4.79 Å². The first kappa shape index (κ1) is 22.9. The topological polar surface area (TPSA) is 92.8 Å². The molecule has 1 N–H and O–H groups in total. The number of nitrogens with zero attached hydrogens (tertiary/aromatic N) is 1. The lowest BCUT2D eigenvalue weighted by molar-refractivity contribution is -0.159. The van der Waals surface area contributed by atoms with Crippen LogP contribution in [0.4, 0.5) is 5.69 Å². The highest BCUT2D eigenvalue weighted by atomic mass is 79.9. The van der Waals surface area contributed by atoms with E-state index in [1.807, 2.05) is 42.5 Å². The quantitative estimate of drug-likeness (QED) is 0.349. The molecule has 1 fully saturated rings. The van der Waals surface area contributed by atoms with E-state index in [1.165, 1.54) is 0 Å². The Balaban J connectivity index is 1.48. The maximum absolute atomic E-state index is 13.1. The fraction of sp³-hybridized carbons (Fsp3) is 0.280. The van der Waals surface area contributed by atoms with Crippen molar-refractivity contribution < 1.29 is 23.9 Å². The molecule has 2 aromatic rings. The number of halogens is 1. The van der Waals surface area contributed by atoms with Crippen molar-refractivity contribution in [2.45, 2.75) is 25.3 Å².